The predicted octanol–water partition coefficient (Wildman–Crippen LogP) is 6.04. The van der Waals surface area contributed by atoms with Crippen molar-refractivity contribution in [2.24, 2.45) is 0 Å². The molecule has 2 rings (SSSR count). The minimum atomic E-state index is -3.87. The highest BCUT2D eigenvalue weighted by molar-refractivity contribution is 8.00. The Balaban J connectivity index is 1.28. The molecule has 2 fully saturated rings. The largest absolute Gasteiger partial charge is 0.450 e. The standard InChI is InChI=1S/C28H52FN4O6PS/c1-2-39-40(29,37)21-15-8-6-4-3-5-7-14-20-38-28(36)31-19-13-9-12-18-30-25(34)17-11-10-16-24-26-23(22-41-24)32-27(35)33-26/h23-24,26H,2-22H2,1H3,(H,30,34)(H,31,36)(H2,32,33,35)/t23-,24-,26-,40?/m0/s1. The van der Waals surface area contributed by atoms with Gasteiger partial charge in [-0.2, -0.15) is 16.0 Å². The summed E-state index contributed by atoms with van der Waals surface area (Å²) in [6.07, 6.45) is 13.2. The molecule has 0 bridgehead atoms. The Kier molecular flexibility index (Phi) is 18.5. The lowest BCUT2D eigenvalue weighted by Crippen LogP contribution is -2.36. The van der Waals surface area contributed by atoms with Crippen molar-refractivity contribution >= 4 is 37.5 Å². The Morgan fingerprint density at radius 2 is 1.59 bits per heavy atom. The van der Waals surface area contributed by atoms with Crippen molar-refractivity contribution in [1.29, 1.82) is 0 Å². The minimum Gasteiger partial charge on any atom is -0.450 e. The fourth-order valence-electron chi connectivity index (χ4n) is 5.14. The minimum absolute atomic E-state index is 0.0171. The maximum Gasteiger partial charge on any atom is 0.407 e. The van der Waals surface area contributed by atoms with Crippen molar-refractivity contribution in [1.82, 2.24) is 21.3 Å². The van der Waals surface area contributed by atoms with Crippen LogP contribution in [0.5, 0.6) is 0 Å². The molecule has 0 aliphatic carbocycles. The summed E-state index contributed by atoms with van der Waals surface area (Å²) in [6, 6.07) is 0.413. The molecule has 4 N–H and O–H groups in total. The molecule has 0 radical (unpaired) electrons. The molecule has 0 spiro atoms. The lowest BCUT2D eigenvalue weighted by molar-refractivity contribution is -0.121. The second-order valence-electron chi connectivity index (χ2n) is 10.9. The van der Waals surface area contributed by atoms with Crippen molar-refractivity contribution in [3.63, 3.8) is 0 Å². The Morgan fingerprint density at radius 3 is 2.32 bits per heavy atom. The van der Waals surface area contributed by atoms with Crippen molar-refractivity contribution < 1.29 is 32.4 Å². The quantitative estimate of drug-likeness (QED) is 0.0585. The van der Waals surface area contributed by atoms with E-state index in [1.165, 1.54) is 0 Å². The van der Waals surface area contributed by atoms with E-state index in [1.807, 2.05) is 11.8 Å². The third kappa shape index (κ3) is 16.6. The molecule has 4 atom stereocenters. The van der Waals surface area contributed by atoms with E-state index in [0.29, 0.717) is 37.8 Å². The van der Waals surface area contributed by atoms with Gasteiger partial charge in [-0.25, -0.2) is 9.59 Å². The number of ether oxygens (including phenoxy) is 1. The van der Waals surface area contributed by atoms with Gasteiger partial charge in [0.25, 0.3) is 0 Å². The van der Waals surface area contributed by atoms with Crippen molar-refractivity contribution in [2.75, 3.05) is 38.2 Å². The second-order valence-corrected chi connectivity index (χ2v) is 14.1. The summed E-state index contributed by atoms with van der Waals surface area (Å²) in [5.74, 6) is 1.05. The van der Waals surface area contributed by atoms with Crippen LogP contribution < -0.4 is 21.3 Å². The Labute approximate surface area is 249 Å². The summed E-state index contributed by atoms with van der Waals surface area (Å²) in [6.45, 7) is 3.41. The molecule has 0 aromatic heterocycles. The summed E-state index contributed by atoms with van der Waals surface area (Å²) in [7, 11) is -3.87. The highest BCUT2D eigenvalue weighted by Gasteiger charge is 2.42. The van der Waals surface area contributed by atoms with E-state index in [4.69, 9.17) is 4.74 Å². The van der Waals surface area contributed by atoms with Crippen LogP contribution in [0.25, 0.3) is 0 Å². The van der Waals surface area contributed by atoms with Crippen molar-refractivity contribution in [3.8, 4) is 0 Å². The molecule has 41 heavy (non-hydrogen) atoms. The van der Waals surface area contributed by atoms with Crippen LogP contribution in [0.2, 0.25) is 0 Å². The molecule has 0 aromatic carbocycles. The summed E-state index contributed by atoms with van der Waals surface area (Å²) in [5, 5.41) is 12.1. The average Bonchev–Trinajstić information content (AvgIpc) is 3.48. The number of urea groups is 1. The molecule has 2 aliphatic heterocycles. The van der Waals surface area contributed by atoms with Crippen LogP contribution in [0.1, 0.15) is 103 Å². The molecule has 2 aliphatic rings. The lowest BCUT2D eigenvalue weighted by Gasteiger charge is -2.16. The Bertz CT molecular complexity index is 826. The summed E-state index contributed by atoms with van der Waals surface area (Å²) in [4.78, 5) is 35.3. The van der Waals surface area contributed by atoms with E-state index in [1.54, 1.807) is 6.92 Å². The smallest absolute Gasteiger partial charge is 0.407 e. The highest BCUT2D eigenvalue weighted by atomic mass is 32.2. The molecule has 2 saturated heterocycles. The van der Waals surface area contributed by atoms with Crippen molar-refractivity contribution in [2.45, 2.75) is 121 Å². The van der Waals surface area contributed by atoms with Gasteiger partial charge >= 0.3 is 19.8 Å². The molecule has 1 unspecified atom stereocenters. The first kappa shape index (κ1) is 35.7. The number of carbonyl (C=O) groups excluding carboxylic acids is 3. The number of hydrogen-bond acceptors (Lipinski definition) is 7. The number of thioether (sulfide) groups is 1. The van der Waals surface area contributed by atoms with Gasteiger partial charge in [0.1, 0.15) is 0 Å². The van der Waals surface area contributed by atoms with Crippen LogP contribution in [-0.2, 0) is 18.6 Å². The van der Waals surface area contributed by atoms with E-state index in [2.05, 4.69) is 25.8 Å². The van der Waals surface area contributed by atoms with Crippen LogP contribution in [0.15, 0.2) is 0 Å². The normalized spacial score (nSPS) is 21.0. The van der Waals surface area contributed by atoms with Gasteiger partial charge in [-0.15, -0.1) is 0 Å². The molecule has 4 amide bonds. The fraction of sp³-hybridized carbons (Fsp3) is 0.893. The van der Waals surface area contributed by atoms with E-state index in [9.17, 15) is 23.1 Å². The molecule has 0 saturated carbocycles. The molecule has 2 heterocycles. The summed E-state index contributed by atoms with van der Waals surface area (Å²) >= 11 is 1.90. The van der Waals surface area contributed by atoms with Gasteiger partial charge in [-0.05, 0) is 51.9 Å². The lowest BCUT2D eigenvalue weighted by atomic mass is 10.0. The molecular formula is C28H52FN4O6PS. The number of unbranched alkanes of at least 4 members (excludes halogenated alkanes) is 10. The number of nitrogens with one attached hydrogen (secondary N) is 4. The van der Waals surface area contributed by atoms with Crippen molar-refractivity contribution in [3.05, 3.63) is 0 Å². The maximum absolute atomic E-state index is 13.4. The predicted molar refractivity (Wildman–Crippen MR) is 162 cm³/mol. The zero-order valence-electron chi connectivity index (χ0n) is 24.8. The first-order chi connectivity index (χ1) is 19.8. The number of hydrogen-bond donors (Lipinski definition) is 4. The van der Waals surface area contributed by atoms with Gasteiger partial charge in [0, 0.05) is 30.5 Å². The number of carbonyl (C=O) groups is 3. The molecular weight excluding hydrogens is 570 g/mol. The summed E-state index contributed by atoms with van der Waals surface area (Å²) in [5.41, 5.74) is 0. The topological polar surface area (TPSA) is 135 Å². The third-order valence-electron chi connectivity index (χ3n) is 7.40. The maximum atomic E-state index is 13.4. The van der Waals surface area contributed by atoms with Crippen LogP contribution in [0.4, 0.5) is 13.8 Å². The van der Waals surface area contributed by atoms with E-state index in [-0.39, 0.29) is 42.9 Å². The van der Waals surface area contributed by atoms with Gasteiger partial charge in [0.05, 0.1) is 31.5 Å². The zero-order chi connectivity index (χ0) is 29.8. The second kappa shape index (κ2) is 21.2. The van der Waals surface area contributed by atoms with Crippen LogP contribution >= 0.6 is 19.4 Å². The number of halogens is 1. The zero-order valence-corrected chi connectivity index (χ0v) is 26.5. The van der Waals surface area contributed by atoms with E-state index in [0.717, 1.165) is 89.2 Å². The van der Waals surface area contributed by atoms with Gasteiger partial charge in [-0.3, -0.25) is 9.36 Å². The number of amides is 4. The first-order valence-corrected chi connectivity index (χ1v) is 18.3. The first-order valence-electron chi connectivity index (χ1n) is 15.6. The Hall–Kier alpha value is -1.52. The Morgan fingerprint density at radius 1 is 0.927 bits per heavy atom. The van der Waals surface area contributed by atoms with E-state index >= 15 is 0 Å². The molecule has 10 nitrogen and oxygen atoms in total. The molecule has 238 valence electrons. The van der Waals surface area contributed by atoms with Gasteiger partial charge in [-0.1, -0.05) is 44.9 Å². The molecule has 13 heteroatoms. The summed E-state index contributed by atoms with van der Waals surface area (Å²) < 4.78 is 34.6. The van der Waals surface area contributed by atoms with Gasteiger partial charge in [0.15, 0.2) is 0 Å². The number of fused-ring (bicyclic) bond motifs is 1. The van der Waals surface area contributed by atoms with Crippen LogP contribution in [0, 0.1) is 0 Å². The monoisotopic (exact) mass is 622 g/mol. The highest BCUT2D eigenvalue weighted by Crippen LogP contribution is 2.49. The average molecular weight is 623 g/mol. The number of alkyl carbamates (subject to hydrolysis) is 1. The third-order valence-corrected chi connectivity index (χ3v) is 10.4. The SMILES string of the molecule is CCOP(=O)(F)CCCCCCCCCCOC(=O)NCCCCCNC(=O)CCCC[C@@H]1SC[C@@H]2NC(=O)N[C@@H]21. The van der Waals surface area contributed by atoms with Crippen LogP contribution in [-0.4, -0.2) is 73.6 Å². The van der Waals surface area contributed by atoms with E-state index < -0.39 is 7.68 Å². The van der Waals surface area contributed by atoms with Gasteiger partial charge < -0.3 is 30.5 Å². The van der Waals surface area contributed by atoms with Gasteiger partial charge in [0.2, 0.25) is 5.91 Å². The molecule has 0 aromatic rings. The number of rotatable bonds is 24. The van der Waals surface area contributed by atoms with Crippen LogP contribution in [0.3, 0.4) is 0 Å². The fourth-order valence-corrected chi connectivity index (χ4v) is 7.80.